The monoisotopic (exact) mass is 1020 g/mol. The van der Waals surface area contributed by atoms with Gasteiger partial charge >= 0.3 is 6.09 Å². The molecule has 4 N–H and O–H groups in total. The van der Waals surface area contributed by atoms with Gasteiger partial charge in [-0.25, -0.2) is 19.4 Å². The first kappa shape index (κ1) is 47.6. The molecule has 3 aromatic carbocycles. The third kappa shape index (κ3) is 12.9. The number of aliphatic hydroxyl groups is 1. The number of amides is 2. The molecular weight excluding hydrogens is 962 g/mol. The van der Waals surface area contributed by atoms with Gasteiger partial charge in [-0.3, -0.25) is 9.69 Å². The van der Waals surface area contributed by atoms with E-state index in [0.717, 1.165) is 89.7 Å². The first-order valence-electron chi connectivity index (χ1n) is 22.1. The maximum Gasteiger partial charge on any atom is 0.407 e. The Labute approximate surface area is 395 Å². The molecule has 1 unspecified atom stereocenters. The van der Waals surface area contributed by atoms with Crippen molar-refractivity contribution in [3.8, 4) is 0 Å². The van der Waals surface area contributed by atoms with E-state index < -0.39 is 17.8 Å². The topological polar surface area (TPSA) is 168 Å². The number of rotatable bonds is 20. The number of nitrogens with one attached hydrogen (secondary N) is 3. The van der Waals surface area contributed by atoms with Crippen molar-refractivity contribution in [3.63, 3.8) is 0 Å². The summed E-state index contributed by atoms with van der Waals surface area (Å²) in [6, 6.07) is 20.2. The standard InChI is InChI=1S/C46H59Br2N11O4S/c1-5-25-64-44-52-41(49-18-19-51-45(62)63-46(2,3)4)40-42(53-44)59(55-54-40)28-31-9-11-32(12-10-31)43(61)50-17-7-6-8-20-56-21-23-57(24-22-56)29-35(60)30-58-38-15-13-33(47)26-36(38)37-27-34(48)14-16-39(37)58/h9-16,26-27,35,60H,5-8,17-25,28-30H2,1-4H3,(H,50,61)(H,51,62)(H,49,52,53). The fourth-order valence-electron chi connectivity index (χ4n) is 7.87. The molecule has 15 nitrogen and oxygen atoms in total. The van der Waals surface area contributed by atoms with Crippen LogP contribution in [0.5, 0.6) is 0 Å². The first-order chi connectivity index (χ1) is 30.8. The summed E-state index contributed by atoms with van der Waals surface area (Å²) in [5.41, 5.74) is 4.40. The Hall–Kier alpha value is -4.33. The molecule has 7 rings (SSSR count). The lowest BCUT2D eigenvalue weighted by molar-refractivity contribution is 0.0529. The number of aliphatic hydroxyl groups excluding tert-OH is 1. The molecule has 1 aliphatic heterocycles. The van der Waals surface area contributed by atoms with E-state index in [2.05, 4.69) is 121 Å². The van der Waals surface area contributed by atoms with Crippen LogP contribution in [0, 0.1) is 0 Å². The first-order valence-corrected chi connectivity index (χ1v) is 24.7. The summed E-state index contributed by atoms with van der Waals surface area (Å²) in [4.78, 5) is 39.4. The van der Waals surface area contributed by atoms with Crippen LogP contribution in [-0.4, -0.2) is 133 Å². The van der Waals surface area contributed by atoms with E-state index in [-0.39, 0.29) is 5.91 Å². The zero-order valence-corrected chi connectivity index (χ0v) is 41.1. The number of alkyl carbamates (subject to hydrolysis) is 1. The molecule has 64 heavy (non-hydrogen) atoms. The quantitative estimate of drug-likeness (QED) is 0.0332. The second-order valence-corrected chi connectivity index (χ2v) is 20.1. The van der Waals surface area contributed by atoms with Crippen LogP contribution in [0.1, 0.15) is 69.3 Å². The lowest BCUT2D eigenvalue weighted by Crippen LogP contribution is -2.49. The Morgan fingerprint density at radius 1 is 0.844 bits per heavy atom. The number of anilines is 1. The van der Waals surface area contributed by atoms with Crippen molar-refractivity contribution in [2.24, 2.45) is 0 Å². The predicted octanol–water partition coefficient (Wildman–Crippen LogP) is 7.92. The second kappa shape index (κ2) is 22.2. The lowest BCUT2D eigenvalue weighted by atomic mass is 10.1. The minimum atomic E-state index is -0.573. The maximum atomic E-state index is 13.0. The van der Waals surface area contributed by atoms with Gasteiger partial charge in [0.2, 0.25) is 0 Å². The number of piperazine rings is 1. The van der Waals surface area contributed by atoms with Gasteiger partial charge in [0.15, 0.2) is 22.1 Å². The Morgan fingerprint density at radius 3 is 2.20 bits per heavy atom. The molecule has 0 radical (unpaired) electrons. The number of unbranched alkanes of at least 4 members (excludes halogenated alkanes) is 2. The van der Waals surface area contributed by atoms with Gasteiger partial charge in [0.25, 0.3) is 5.91 Å². The van der Waals surface area contributed by atoms with Crippen molar-refractivity contribution >= 4 is 94.4 Å². The van der Waals surface area contributed by atoms with Gasteiger partial charge in [-0.1, -0.05) is 74.3 Å². The summed E-state index contributed by atoms with van der Waals surface area (Å²) in [5, 5.41) is 32.1. The summed E-state index contributed by atoms with van der Waals surface area (Å²) in [5.74, 6) is 1.33. The van der Waals surface area contributed by atoms with E-state index in [1.165, 1.54) is 10.8 Å². The molecule has 0 aliphatic carbocycles. The normalized spacial score (nSPS) is 14.4. The number of fused-ring (bicyclic) bond motifs is 4. The van der Waals surface area contributed by atoms with Crippen molar-refractivity contribution in [1.82, 2.24) is 50.0 Å². The van der Waals surface area contributed by atoms with Crippen molar-refractivity contribution in [3.05, 3.63) is 80.7 Å². The number of β-amino-alcohol motifs (C(OH)–C–C–N with tert-alkyl or cyclic N) is 1. The average molecular weight is 1020 g/mol. The van der Waals surface area contributed by atoms with Gasteiger partial charge in [-0.15, -0.1) is 5.10 Å². The maximum absolute atomic E-state index is 13.0. The average Bonchev–Trinajstić information content (AvgIpc) is 3.80. The largest absolute Gasteiger partial charge is 0.444 e. The Kier molecular flexibility index (Phi) is 16.5. The number of halogens is 2. The summed E-state index contributed by atoms with van der Waals surface area (Å²) < 4.78 is 11.4. The van der Waals surface area contributed by atoms with Crippen LogP contribution in [-0.2, 0) is 17.8 Å². The van der Waals surface area contributed by atoms with Gasteiger partial charge in [0, 0.05) is 94.4 Å². The molecule has 6 aromatic rings. The summed E-state index contributed by atoms with van der Waals surface area (Å²) in [6.07, 6.45) is 3.06. The number of hydrogen-bond donors (Lipinski definition) is 4. The minimum absolute atomic E-state index is 0.0856. The van der Waals surface area contributed by atoms with Gasteiger partial charge in [-0.05, 0) is 101 Å². The molecule has 3 aromatic heterocycles. The van der Waals surface area contributed by atoms with Crippen molar-refractivity contribution in [2.75, 3.05) is 70.0 Å². The number of ether oxygens (including phenoxy) is 1. The molecule has 2 amide bonds. The predicted molar refractivity (Wildman–Crippen MR) is 262 cm³/mol. The Balaban J connectivity index is 0.807. The van der Waals surface area contributed by atoms with E-state index in [9.17, 15) is 14.7 Å². The second-order valence-electron chi connectivity index (χ2n) is 17.2. The molecule has 1 aliphatic rings. The lowest BCUT2D eigenvalue weighted by Gasteiger charge is -2.35. The van der Waals surface area contributed by atoms with Gasteiger partial charge < -0.3 is 35.3 Å². The summed E-state index contributed by atoms with van der Waals surface area (Å²) in [7, 11) is 0. The van der Waals surface area contributed by atoms with Crippen LogP contribution in [0.3, 0.4) is 0 Å². The van der Waals surface area contributed by atoms with Crippen LogP contribution in [0.2, 0.25) is 0 Å². The van der Waals surface area contributed by atoms with Gasteiger partial charge in [0.1, 0.15) is 5.60 Å². The van der Waals surface area contributed by atoms with E-state index in [4.69, 9.17) is 9.72 Å². The number of hydrogen-bond acceptors (Lipinski definition) is 12. The van der Waals surface area contributed by atoms with E-state index >= 15 is 0 Å². The van der Waals surface area contributed by atoms with Crippen LogP contribution in [0.4, 0.5) is 10.6 Å². The number of carbonyl (C=O) groups is 2. The molecule has 18 heteroatoms. The zero-order chi connectivity index (χ0) is 45.2. The number of benzene rings is 3. The molecular formula is C46H59Br2N11O4S. The zero-order valence-electron chi connectivity index (χ0n) is 37.1. The highest BCUT2D eigenvalue weighted by Gasteiger charge is 2.22. The number of carbonyl (C=O) groups excluding carboxylic acids is 2. The number of thioether (sulfide) groups is 1. The molecule has 4 heterocycles. The van der Waals surface area contributed by atoms with Crippen molar-refractivity contribution in [1.29, 1.82) is 0 Å². The van der Waals surface area contributed by atoms with Crippen LogP contribution in [0.15, 0.2) is 74.8 Å². The SMILES string of the molecule is CCCSc1nc(NCCNC(=O)OC(C)(C)C)c2nnn(Cc3ccc(C(=O)NCCCCCN4CCN(CC(O)Cn5c6ccc(Br)cc6c6cc(Br)ccc65)CC4)cc3)c2n1. The molecule has 1 fully saturated rings. The highest BCUT2D eigenvalue weighted by atomic mass is 79.9. The van der Waals surface area contributed by atoms with Gasteiger partial charge in [0.05, 0.1) is 19.2 Å². The van der Waals surface area contributed by atoms with E-state index in [0.29, 0.717) is 67.0 Å². The summed E-state index contributed by atoms with van der Waals surface area (Å²) in [6.45, 7) is 15.5. The molecule has 1 saturated heterocycles. The third-order valence-corrected chi connectivity index (χ3v) is 13.0. The molecule has 1 atom stereocenters. The van der Waals surface area contributed by atoms with Crippen LogP contribution >= 0.6 is 43.6 Å². The highest BCUT2D eigenvalue weighted by Crippen LogP contribution is 2.33. The van der Waals surface area contributed by atoms with E-state index in [1.54, 1.807) is 16.4 Å². The van der Waals surface area contributed by atoms with Crippen molar-refractivity contribution < 1.29 is 19.4 Å². The van der Waals surface area contributed by atoms with Crippen LogP contribution < -0.4 is 16.0 Å². The number of aromatic nitrogens is 6. The fourth-order valence-corrected chi connectivity index (χ4v) is 9.28. The van der Waals surface area contributed by atoms with Gasteiger partial charge in [-0.2, -0.15) is 0 Å². The van der Waals surface area contributed by atoms with Crippen LogP contribution in [0.25, 0.3) is 33.0 Å². The van der Waals surface area contributed by atoms with E-state index in [1.807, 2.05) is 45.0 Å². The van der Waals surface area contributed by atoms with Crippen molar-refractivity contribution in [2.45, 2.75) is 83.3 Å². The Morgan fingerprint density at radius 2 is 1.53 bits per heavy atom. The smallest absolute Gasteiger partial charge is 0.407 e. The fraction of sp³-hybridized carbons (Fsp3) is 0.478. The molecule has 0 saturated carbocycles. The molecule has 342 valence electrons. The number of nitrogens with zero attached hydrogens (tertiary/aromatic N) is 8. The summed E-state index contributed by atoms with van der Waals surface area (Å²) >= 11 is 8.82. The highest BCUT2D eigenvalue weighted by molar-refractivity contribution is 9.10. The Bertz CT molecular complexity index is 2460. The molecule has 0 spiro atoms. The minimum Gasteiger partial charge on any atom is -0.444 e. The third-order valence-electron chi connectivity index (χ3n) is 11.0. The molecule has 0 bridgehead atoms.